The number of carbonyl (C=O) groups is 2. The first kappa shape index (κ1) is 24.0. The number of rotatable bonds is 10. The molecule has 182 valence electrons. The van der Waals surface area contributed by atoms with Crippen LogP contribution in [0.3, 0.4) is 0 Å². The number of aromatic amines is 1. The monoisotopic (exact) mass is 484 g/mol. The minimum absolute atomic E-state index is 0.00911. The lowest BCUT2D eigenvalue weighted by Crippen LogP contribution is -2.37. The molecule has 0 spiro atoms. The number of furan rings is 1. The minimum atomic E-state index is -1.14. The Morgan fingerprint density at radius 2 is 1.89 bits per heavy atom. The Morgan fingerprint density at radius 3 is 2.60 bits per heavy atom. The normalized spacial score (nSPS) is 11.1. The average Bonchev–Trinajstić information content (AvgIpc) is 3.53. The van der Waals surface area contributed by atoms with Crippen molar-refractivity contribution in [1.82, 2.24) is 9.88 Å². The van der Waals surface area contributed by atoms with E-state index in [4.69, 9.17) is 19.0 Å². The van der Waals surface area contributed by atoms with E-state index in [-0.39, 0.29) is 31.0 Å². The van der Waals surface area contributed by atoms with Crippen LogP contribution >= 0.6 is 0 Å². The predicted octanol–water partition coefficient (Wildman–Crippen LogP) is 4.46. The summed E-state index contributed by atoms with van der Waals surface area (Å²) in [7, 11) is 1.46. The van der Waals surface area contributed by atoms with Crippen LogP contribution in [0.1, 0.15) is 16.3 Å². The zero-order valence-electron chi connectivity index (χ0n) is 18.7. The van der Waals surface area contributed by atoms with Crippen LogP contribution in [0.5, 0.6) is 5.75 Å². The van der Waals surface area contributed by atoms with E-state index >= 15 is 0 Å². The highest BCUT2D eigenvalue weighted by molar-refractivity contribution is 5.95. The summed E-state index contributed by atoms with van der Waals surface area (Å²) in [6, 6.07) is 12.7. The highest BCUT2D eigenvalue weighted by atomic mass is 19.2. The molecule has 0 unspecified atom stereocenters. The fourth-order valence-corrected chi connectivity index (χ4v) is 3.63. The Kier molecular flexibility index (Phi) is 7.11. The van der Waals surface area contributed by atoms with Crippen molar-refractivity contribution in [3.63, 3.8) is 0 Å². The molecule has 0 bridgehead atoms. The van der Waals surface area contributed by atoms with E-state index in [1.165, 1.54) is 13.2 Å². The number of benzene rings is 2. The van der Waals surface area contributed by atoms with E-state index in [1.807, 2.05) is 0 Å². The molecular formula is C25H22F2N2O6. The Bertz CT molecular complexity index is 1350. The molecule has 0 saturated carbocycles. The number of ether oxygens (including phenoxy) is 2. The van der Waals surface area contributed by atoms with Crippen molar-refractivity contribution in [3.8, 4) is 16.9 Å². The van der Waals surface area contributed by atoms with Gasteiger partial charge in [-0.3, -0.25) is 9.59 Å². The van der Waals surface area contributed by atoms with Crippen LogP contribution in [0, 0.1) is 11.6 Å². The molecule has 1 amide bonds. The highest BCUT2D eigenvalue weighted by Gasteiger charge is 2.21. The number of halogens is 2. The number of carboxylic acids is 1. The van der Waals surface area contributed by atoms with Gasteiger partial charge in [0.2, 0.25) is 0 Å². The van der Waals surface area contributed by atoms with Crippen LogP contribution in [0.4, 0.5) is 8.78 Å². The number of fused-ring (bicyclic) bond motifs is 1. The van der Waals surface area contributed by atoms with Crippen molar-refractivity contribution >= 4 is 22.8 Å². The minimum Gasteiger partial charge on any atom is -0.486 e. The fourth-order valence-electron chi connectivity index (χ4n) is 3.63. The quantitative estimate of drug-likeness (QED) is 0.344. The number of hydrogen-bond donors (Lipinski definition) is 2. The Morgan fingerprint density at radius 1 is 1.11 bits per heavy atom. The zero-order valence-corrected chi connectivity index (χ0v) is 18.7. The number of amides is 1. The topological polar surface area (TPSA) is 105 Å². The molecule has 8 nitrogen and oxygen atoms in total. The molecule has 4 rings (SSSR count). The third-order valence-corrected chi connectivity index (χ3v) is 5.33. The van der Waals surface area contributed by atoms with Gasteiger partial charge in [-0.1, -0.05) is 12.1 Å². The number of carbonyl (C=O) groups excluding carboxylic acids is 1. The molecule has 0 atom stereocenters. The zero-order chi connectivity index (χ0) is 24.9. The molecule has 2 aromatic heterocycles. The lowest BCUT2D eigenvalue weighted by atomic mass is 10.0. The fraction of sp³-hybridized carbons (Fsp3) is 0.200. The van der Waals surface area contributed by atoms with Crippen LogP contribution < -0.4 is 4.74 Å². The number of carboxylic acid groups (broad SMARTS) is 1. The third-order valence-electron chi connectivity index (χ3n) is 5.33. The van der Waals surface area contributed by atoms with Gasteiger partial charge in [0.1, 0.15) is 24.7 Å². The largest absolute Gasteiger partial charge is 0.486 e. The van der Waals surface area contributed by atoms with E-state index in [2.05, 4.69) is 4.98 Å². The van der Waals surface area contributed by atoms with Gasteiger partial charge in [0, 0.05) is 25.2 Å². The summed E-state index contributed by atoms with van der Waals surface area (Å²) in [5.74, 6) is -2.72. The number of methoxy groups -OCH3 is 1. The summed E-state index contributed by atoms with van der Waals surface area (Å²) in [5.41, 5.74) is 1.33. The van der Waals surface area contributed by atoms with Crippen LogP contribution in [0.2, 0.25) is 0 Å². The van der Waals surface area contributed by atoms with Gasteiger partial charge < -0.3 is 28.9 Å². The Balaban J connectivity index is 1.42. The molecule has 2 aromatic carbocycles. The van der Waals surface area contributed by atoms with E-state index < -0.39 is 30.1 Å². The van der Waals surface area contributed by atoms with Gasteiger partial charge in [-0.15, -0.1) is 0 Å². The summed E-state index contributed by atoms with van der Waals surface area (Å²) in [6.45, 7) is -0.162. The number of H-pyrrole nitrogens is 1. The first-order valence-electron chi connectivity index (χ1n) is 10.6. The van der Waals surface area contributed by atoms with Gasteiger partial charge in [0.05, 0.1) is 12.1 Å². The first-order valence-corrected chi connectivity index (χ1v) is 10.6. The maximum atomic E-state index is 14.0. The molecule has 0 aliphatic rings. The molecule has 0 radical (unpaired) electrons. The van der Waals surface area contributed by atoms with Crippen molar-refractivity contribution < 1.29 is 37.4 Å². The van der Waals surface area contributed by atoms with Gasteiger partial charge in [-0.05, 0) is 47.5 Å². The number of nitrogens with one attached hydrogen (secondary N) is 1. The summed E-state index contributed by atoms with van der Waals surface area (Å²) < 4.78 is 44.1. The first-order chi connectivity index (χ1) is 16.9. The molecule has 2 heterocycles. The second-order valence-corrected chi connectivity index (χ2v) is 7.68. The summed E-state index contributed by atoms with van der Waals surface area (Å²) in [6.07, 6.45) is 1.55. The van der Waals surface area contributed by atoms with Crippen molar-refractivity contribution in [2.75, 3.05) is 26.8 Å². The highest BCUT2D eigenvalue weighted by Crippen LogP contribution is 2.32. The Hall–Kier alpha value is -4.18. The molecule has 0 saturated heterocycles. The summed E-state index contributed by atoms with van der Waals surface area (Å²) >= 11 is 0. The SMILES string of the molecule is COCCN(CC(=O)O)C(=O)c1ccc(COc2ccc(-c3cc(F)c(F)c4[nH]ccc34)cc2)o1. The van der Waals surface area contributed by atoms with Gasteiger partial charge >= 0.3 is 5.97 Å². The second-order valence-electron chi connectivity index (χ2n) is 7.68. The van der Waals surface area contributed by atoms with Crippen LogP contribution in [-0.2, 0) is 16.1 Å². The number of hydrogen-bond acceptors (Lipinski definition) is 5. The summed E-state index contributed by atoms with van der Waals surface area (Å²) in [5, 5.41) is 9.59. The maximum absolute atomic E-state index is 14.0. The van der Waals surface area contributed by atoms with Gasteiger partial charge in [-0.25, -0.2) is 8.78 Å². The molecule has 10 heteroatoms. The van der Waals surface area contributed by atoms with Crippen LogP contribution in [0.25, 0.3) is 22.0 Å². The number of nitrogens with zero attached hydrogens (tertiary/aromatic N) is 1. The van der Waals surface area contributed by atoms with Crippen molar-refractivity contribution in [2.24, 2.45) is 0 Å². The van der Waals surface area contributed by atoms with E-state index in [9.17, 15) is 18.4 Å². The number of aliphatic carboxylic acids is 1. The van der Waals surface area contributed by atoms with Crippen molar-refractivity contribution in [1.29, 1.82) is 0 Å². The summed E-state index contributed by atoms with van der Waals surface area (Å²) in [4.78, 5) is 27.5. The number of aromatic nitrogens is 1. The molecule has 4 aromatic rings. The van der Waals surface area contributed by atoms with Gasteiger partial charge in [-0.2, -0.15) is 0 Å². The lowest BCUT2D eigenvalue weighted by molar-refractivity contribution is -0.137. The molecule has 0 aliphatic carbocycles. The standard InChI is InChI=1S/C25H22F2N2O6/c1-33-11-10-29(13-22(30)31)25(32)21-7-6-17(35-21)14-34-16-4-2-15(3-5-16)19-12-20(26)23(27)24-18(19)8-9-28-24/h2-9,12,28H,10-11,13-14H2,1H3,(H,30,31). The van der Waals surface area contributed by atoms with Gasteiger partial charge in [0.25, 0.3) is 5.91 Å². The molecule has 0 aliphatic heterocycles. The van der Waals surface area contributed by atoms with E-state index in [0.29, 0.717) is 28.0 Å². The molecule has 2 N–H and O–H groups in total. The maximum Gasteiger partial charge on any atom is 0.323 e. The third kappa shape index (κ3) is 5.33. The van der Waals surface area contributed by atoms with Gasteiger partial charge in [0.15, 0.2) is 17.4 Å². The van der Waals surface area contributed by atoms with Crippen LogP contribution in [0.15, 0.2) is 59.1 Å². The van der Waals surface area contributed by atoms with E-state index in [1.54, 1.807) is 42.6 Å². The molecule has 35 heavy (non-hydrogen) atoms. The van der Waals surface area contributed by atoms with Crippen LogP contribution in [-0.4, -0.2) is 53.7 Å². The van der Waals surface area contributed by atoms with Crippen molar-refractivity contribution in [2.45, 2.75) is 6.61 Å². The Labute approximate surface area is 198 Å². The smallest absolute Gasteiger partial charge is 0.323 e. The average molecular weight is 484 g/mol. The molecular weight excluding hydrogens is 462 g/mol. The van der Waals surface area contributed by atoms with E-state index in [0.717, 1.165) is 11.0 Å². The van der Waals surface area contributed by atoms with Crippen molar-refractivity contribution in [3.05, 3.63) is 77.9 Å². The second kappa shape index (κ2) is 10.4. The lowest BCUT2D eigenvalue weighted by Gasteiger charge is -2.18. The predicted molar refractivity (Wildman–Crippen MR) is 122 cm³/mol. The molecule has 0 fully saturated rings.